The first-order chi connectivity index (χ1) is 17.0. The zero-order valence-electron chi connectivity index (χ0n) is 19.3. The van der Waals surface area contributed by atoms with Gasteiger partial charge in [-0.25, -0.2) is 8.78 Å². The van der Waals surface area contributed by atoms with E-state index < -0.39 is 11.6 Å². The van der Waals surface area contributed by atoms with Gasteiger partial charge in [0.05, 0.1) is 31.1 Å². The summed E-state index contributed by atoms with van der Waals surface area (Å²) in [6, 6.07) is 9.83. The van der Waals surface area contributed by atoms with Crippen molar-refractivity contribution in [2.24, 2.45) is 5.73 Å². The minimum Gasteiger partial charge on any atom is -0.497 e. The fraction of sp³-hybridized carbons (Fsp3) is 0.231. The van der Waals surface area contributed by atoms with Crippen LogP contribution in [0.4, 0.5) is 8.78 Å². The van der Waals surface area contributed by atoms with Gasteiger partial charge in [-0.05, 0) is 43.4 Å². The van der Waals surface area contributed by atoms with Crippen molar-refractivity contribution in [3.05, 3.63) is 77.3 Å². The first kappa shape index (κ1) is 24.6. The number of hydrogen-bond donors (Lipinski definition) is 1. The zero-order valence-corrected chi connectivity index (χ0v) is 20.1. The van der Waals surface area contributed by atoms with Crippen LogP contribution in [0.5, 0.6) is 11.5 Å². The molecular formula is C26H24F2N2O4S. The topological polar surface area (TPSA) is 79.7 Å². The summed E-state index contributed by atoms with van der Waals surface area (Å²) in [4.78, 5) is 3.97. The first-order valence-corrected chi connectivity index (χ1v) is 11.3. The molecule has 4 aromatic rings. The van der Waals surface area contributed by atoms with Crippen LogP contribution in [0.15, 0.2) is 53.3 Å². The quantitative estimate of drug-likeness (QED) is 0.295. The Morgan fingerprint density at radius 3 is 2.66 bits per heavy atom. The molecule has 0 amide bonds. The average molecular weight is 499 g/mol. The van der Waals surface area contributed by atoms with Crippen molar-refractivity contribution in [3.63, 3.8) is 0 Å². The number of furan rings is 1. The molecule has 0 aliphatic carbocycles. The Bertz CT molecular complexity index is 1370. The minimum absolute atomic E-state index is 0.0691. The predicted molar refractivity (Wildman–Crippen MR) is 133 cm³/mol. The molecule has 0 saturated heterocycles. The Morgan fingerprint density at radius 1 is 1.09 bits per heavy atom. The number of benzene rings is 2. The van der Waals surface area contributed by atoms with Crippen LogP contribution in [-0.2, 0) is 24.3 Å². The maximum Gasteiger partial charge on any atom is 0.164 e. The largest absolute Gasteiger partial charge is 0.497 e. The van der Waals surface area contributed by atoms with Crippen LogP contribution in [0.3, 0.4) is 0 Å². The van der Waals surface area contributed by atoms with E-state index in [1.807, 2.05) is 13.0 Å². The van der Waals surface area contributed by atoms with Crippen molar-refractivity contribution >= 4 is 28.2 Å². The van der Waals surface area contributed by atoms with Gasteiger partial charge < -0.3 is 24.4 Å². The second kappa shape index (κ2) is 10.8. The van der Waals surface area contributed by atoms with Gasteiger partial charge in [-0.2, -0.15) is 0 Å². The molecule has 0 radical (unpaired) electrons. The lowest BCUT2D eigenvalue weighted by atomic mass is 9.99. The van der Waals surface area contributed by atoms with Gasteiger partial charge in [0.15, 0.2) is 10.9 Å². The van der Waals surface area contributed by atoms with Crippen molar-refractivity contribution in [3.8, 4) is 22.6 Å². The summed E-state index contributed by atoms with van der Waals surface area (Å²) < 4.78 is 52.7. The van der Waals surface area contributed by atoms with Crippen LogP contribution in [0.1, 0.15) is 23.7 Å². The maximum absolute atomic E-state index is 15.4. The van der Waals surface area contributed by atoms with Gasteiger partial charge in [-0.1, -0.05) is 6.07 Å². The normalized spacial score (nSPS) is 11.0. The molecule has 0 fully saturated rings. The van der Waals surface area contributed by atoms with Gasteiger partial charge in [-0.15, -0.1) is 0 Å². The van der Waals surface area contributed by atoms with Gasteiger partial charge in [0, 0.05) is 47.5 Å². The van der Waals surface area contributed by atoms with Crippen molar-refractivity contribution < 1.29 is 27.4 Å². The van der Waals surface area contributed by atoms with Crippen LogP contribution in [0.25, 0.3) is 22.1 Å². The van der Waals surface area contributed by atoms with Crippen LogP contribution in [-0.4, -0.2) is 23.8 Å². The van der Waals surface area contributed by atoms with Crippen LogP contribution >= 0.6 is 12.2 Å². The molecule has 0 atom stereocenters. The lowest BCUT2D eigenvalue weighted by Gasteiger charge is -2.15. The van der Waals surface area contributed by atoms with Gasteiger partial charge in [-0.3, -0.25) is 4.98 Å². The molecule has 0 bridgehead atoms. The van der Waals surface area contributed by atoms with Crippen molar-refractivity contribution in [1.29, 1.82) is 0 Å². The van der Waals surface area contributed by atoms with Crippen LogP contribution in [0.2, 0.25) is 0 Å². The molecule has 35 heavy (non-hydrogen) atoms. The van der Waals surface area contributed by atoms with Gasteiger partial charge in [0.1, 0.15) is 29.5 Å². The van der Waals surface area contributed by atoms with Crippen molar-refractivity contribution in [2.75, 3.05) is 13.7 Å². The highest BCUT2D eigenvalue weighted by molar-refractivity contribution is 7.80. The average Bonchev–Trinajstić information content (AvgIpc) is 3.35. The molecule has 0 unspecified atom stereocenters. The Balaban J connectivity index is 1.72. The summed E-state index contributed by atoms with van der Waals surface area (Å²) >= 11 is 5.27. The molecule has 2 aromatic heterocycles. The fourth-order valence-electron chi connectivity index (χ4n) is 3.77. The number of nitrogens with two attached hydrogens (primary N) is 1. The molecule has 2 aromatic carbocycles. The van der Waals surface area contributed by atoms with E-state index >= 15 is 8.78 Å². The first-order valence-electron chi connectivity index (χ1n) is 10.9. The summed E-state index contributed by atoms with van der Waals surface area (Å²) in [7, 11) is 1.54. The molecule has 0 aliphatic heterocycles. The molecule has 2 N–H and O–H groups in total. The maximum atomic E-state index is 15.4. The van der Waals surface area contributed by atoms with E-state index in [1.165, 1.54) is 30.7 Å². The second-order valence-corrected chi connectivity index (χ2v) is 8.08. The number of aromatic nitrogens is 1. The van der Waals surface area contributed by atoms with E-state index in [0.717, 1.165) is 5.56 Å². The number of rotatable bonds is 9. The van der Waals surface area contributed by atoms with E-state index in [4.69, 9.17) is 36.6 Å². The molecular weight excluding hydrogens is 474 g/mol. The number of fused-ring (bicyclic) bond motifs is 1. The van der Waals surface area contributed by atoms with Gasteiger partial charge in [0.25, 0.3) is 0 Å². The monoisotopic (exact) mass is 498 g/mol. The Morgan fingerprint density at radius 2 is 1.91 bits per heavy atom. The number of nitrogens with zero attached hydrogens (tertiary/aromatic N) is 1. The summed E-state index contributed by atoms with van der Waals surface area (Å²) in [6.45, 7) is 2.12. The molecule has 0 spiro atoms. The molecule has 0 aliphatic rings. The SMILES string of the molecule is CCOC(=S)Cc1ccc(OC)cc1OCc1cc(-c2ccnc(CN)c2F)c2occc2c1F. The van der Waals surface area contributed by atoms with Gasteiger partial charge >= 0.3 is 0 Å². The number of pyridine rings is 1. The third-order valence-electron chi connectivity index (χ3n) is 5.49. The highest BCUT2D eigenvalue weighted by Crippen LogP contribution is 2.36. The number of halogens is 2. The standard InChI is InChI=1S/C26H24F2N2O4S/c1-3-32-23(35)11-15-4-5-17(31-2)12-22(15)34-14-16-10-20(26-19(24(16)27)7-9-33-26)18-6-8-30-21(13-29)25(18)28/h4-10,12H,3,11,13-14,29H2,1-2H3. The molecule has 0 saturated carbocycles. The fourth-order valence-corrected chi connectivity index (χ4v) is 4.05. The summed E-state index contributed by atoms with van der Waals surface area (Å²) in [5.41, 5.74) is 7.53. The van der Waals surface area contributed by atoms with Crippen molar-refractivity contribution in [2.45, 2.75) is 26.5 Å². The van der Waals surface area contributed by atoms with Crippen LogP contribution in [0, 0.1) is 11.6 Å². The van der Waals surface area contributed by atoms with E-state index in [9.17, 15) is 0 Å². The smallest absolute Gasteiger partial charge is 0.164 e. The number of thiocarbonyl (C=S) groups is 1. The number of hydrogen-bond acceptors (Lipinski definition) is 7. The number of ether oxygens (including phenoxy) is 3. The highest BCUT2D eigenvalue weighted by Gasteiger charge is 2.20. The van der Waals surface area contributed by atoms with Crippen LogP contribution < -0.4 is 15.2 Å². The predicted octanol–water partition coefficient (Wildman–Crippen LogP) is 5.73. The van der Waals surface area contributed by atoms with Crippen molar-refractivity contribution in [1.82, 2.24) is 4.98 Å². The van der Waals surface area contributed by atoms with E-state index in [2.05, 4.69) is 4.98 Å². The zero-order chi connectivity index (χ0) is 24.9. The number of methoxy groups -OCH3 is 1. The second-order valence-electron chi connectivity index (χ2n) is 7.63. The lowest BCUT2D eigenvalue weighted by molar-refractivity contribution is 0.294. The van der Waals surface area contributed by atoms with Gasteiger partial charge in [0.2, 0.25) is 0 Å². The minimum atomic E-state index is -0.578. The Labute approximate surface area is 206 Å². The van der Waals surface area contributed by atoms with E-state index in [1.54, 1.807) is 19.2 Å². The third kappa shape index (κ3) is 5.11. The summed E-state index contributed by atoms with van der Waals surface area (Å²) in [5, 5.41) is 0.634. The Hall–Kier alpha value is -3.56. The molecule has 182 valence electrons. The van der Waals surface area contributed by atoms with E-state index in [-0.39, 0.29) is 40.9 Å². The summed E-state index contributed by atoms with van der Waals surface area (Å²) in [6.07, 6.45) is 3.17. The molecule has 9 heteroatoms. The highest BCUT2D eigenvalue weighted by atomic mass is 32.1. The lowest BCUT2D eigenvalue weighted by Crippen LogP contribution is -2.08. The Kier molecular flexibility index (Phi) is 7.57. The third-order valence-corrected chi connectivity index (χ3v) is 5.75. The molecule has 2 heterocycles. The molecule has 4 rings (SSSR count). The summed E-state index contributed by atoms with van der Waals surface area (Å²) in [5.74, 6) is -0.0446. The molecule has 6 nitrogen and oxygen atoms in total. The van der Waals surface area contributed by atoms with E-state index in [0.29, 0.717) is 35.1 Å².